The highest BCUT2D eigenvalue weighted by Crippen LogP contribution is 2.50. The van der Waals surface area contributed by atoms with Crippen LogP contribution in [-0.4, -0.2) is 25.9 Å². The second kappa shape index (κ2) is 13.3. The van der Waals surface area contributed by atoms with Gasteiger partial charge in [-0.25, -0.2) is 0 Å². The van der Waals surface area contributed by atoms with Gasteiger partial charge in [0.1, 0.15) is 0 Å². The third-order valence-corrected chi connectivity index (χ3v) is 10.8. The molecule has 0 N–H and O–H groups in total. The van der Waals surface area contributed by atoms with Crippen molar-refractivity contribution in [2.24, 2.45) is 41.4 Å². The quantitative estimate of drug-likeness (QED) is 0.318. The summed E-state index contributed by atoms with van der Waals surface area (Å²) in [6.45, 7) is 5.53. The monoisotopic (exact) mass is 532 g/mol. The number of fused-ring (bicyclic) bond motifs is 1. The fourth-order valence-corrected chi connectivity index (χ4v) is 8.75. The second-order valence-electron chi connectivity index (χ2n) is 12.9. The summed E-state index contributed by atoms with van der Waals surface area (Å²) in [7, 11) is 0. The molecule has 0 bridgehead atoms. The lowest BCUT2D eigenvalue weighted by molar-refractivity contribution is 0.00874. The van der Waals surface area contributed by atoms with Crippen LogP contribution in [0.1, 0.15) is 104 Å². The Hall–Kier alpha value is -1.36. The number of hydrogen-bond donors (Lipinski definition) is 0. The van der Waals surface area contributed by atoms with Crippen LogP contribution in [0.4, 0.5) is 8.78 Å². The first-order chi connectivity index (χ1) is 18.6. The maximum Gasteiger partial charge on any atom is 0.204 e. The van der Waals surface area contributed by atoms with E-state index in [0.717, 1.165) is 48.5 Å². The first-order valence-electron chi connectivity index (χ1n) is 15.9. The predicted molar refractivity (Wildman–Crippen MR) is 148 cm³/mol. The SMILES string of the molecule is CCOc1ccc(OCC2CCC3CC(C4CCC(C5CCC(OCC)CC5)CC4)CCC3C2)c(F)c1F. The Balaban J connectivity index is 1.03. The molecular formula is C33H50F2O3. The van der Waals surface area contributed by atoms with Gasteiger partial charge in [0, 0.05) is 6.61 Å². The highest BCUT2D eigenvalue weighted by molar-refractivity contribution is 5.35. The van der Waals surface area contributed by atoms with Crippen molar-refractivity contribution in [1.29, 1.82) is 0 Å². The van der Waals surface area contributed by atoms with Crippen LogP contribution in [0.5, 0.6) is 11.5 Å². The average Bonchev–Trinajstić information content (AvgIpc) is 2.95. The molecule has 214 valence electrons. The van der Waals surface area contributed by atoms with Crippen LogP contribution in [0.2, 0.25) is 0 Å². The molecule has 0 aliphatic heterocycles. The van der Waals surface area contributed by atoms with Gasteiger partial charge in [0.15, 0.2) is 11.5 Å². The van der Waals surface area contributed by atoms with Crippen molar-refractivity contribution in [3.63, 3.8) is 0 Å². The normalized spacial score (nSPS) is 35.9. The van der Waals surface area contributed by atoms with Gasteiger partial charge in [-0.05, 0) is 157 Å². The predicted octanol–water partition coefficient (Wildman–Crippen LogP) is 8.98. The lowest BCUT2D eigenvalue weighted by atomic mass is 9.60. The Kier molecular flexibility index (Phi) is 9.89. The highest BCUT2D eigenvalue weighted by atomic mass is 19.2. The maximum atomic E-state index is 14.4. The molecule has 0 spiro atoms. The molecule has 0 saturated heterocycles. The Bertz CT molecular complexity index is 875. The first-order valence-corrected chi connectivity index (χ1v) is 15.9. The van der Waals surface area contributed by atoms with Gasteiger partial charge >= 0.3 is 0 Å². The average molecular weight is 533 g/mol. The fraction of sp³-hybridized carbons (Fsp3) is 0.818. The molecule has 4 atom stereocenters. The van der Waals surface area contributed by atoms with E-state index in [9.17, 15) is 8.78 Å². The van der Waals surface area contributed by atoms with E-state index < -0.39 is 11.6 Å². The summed E-state index contributed by atoms with van der Waals surface area (Å²) in [5, 5.41) is 0. The maximum absolute atomic E-state index is 14.4. The molecule has 4 fully saturated rings. The molecule has 4 unspecified atom stereocenters. The molecule has 1 aromatic carbocycles. The lowest BCUT2D eigenvalue weighted by Crippen LogP contribution is -2.36. The smallest absolute Gasteiger partial charge is 0.204 e. The number of hydrogen-bond acceptors (Lipinski definition) is 3. The Morgan fingerprint density at radius 1 is 0.579 bits per heavy atom. The van der Waals surface area contributed by atoms with Crippen molar-refractivity contribution in [3.8, 4) is 11.5 Å². The summed E-state index contributed by atoms with van der Waals surface area (Å²) in [5.41, 5.74) is 0. The van der Waals surface area contributed by atoms with E-state index in [0.29, 0.717) is 25.2 Å². The van der Waals surface area contributed by atoms with E-state index >= 15 is 0 Å². The van der Waals surface area contributed by atoms with Crippen molar-refractivity contribution >= 4 is 0 Å². The summed E-state index contributed by atoms with van der Waals surface area (Å²) >= 11 is 0. The van der Waals surface area contributed by atoms with Crippen LogP contribution in [0, 0.1) is 53.1 Å². The Morgan fingerprint density at radius 2 is 1.05 bits per heavy atom. The number of ether oxygens (including phenoxy) is 3. The molecule has 38 heavy (non-hydrogen) atoms. The molecule has 4 aliphatic rings. The summed E-state index contributed by atoms with van der Waals surface area (Å²) in [5.74, 6) is 3.96. The van der Waals surface area contributed by atoms with E-state index in [1.54, 1.807) is 6.92 Å². The summed E-state index contributed by atoms with van der Waals surface area (Å²) < 4.78 is 45.4. The van der Waals surface area contributed by atoms with E-state index in [4.69, 9.17) is 14.2 Å². The number of benzene rings is 1. The van der Waals surface area contributed by atoms with E-state index in [2.05, 4.69) is 6.92 Å². The molecule has 0 heterocycles. The van der Waals surface area contributed by atoms with Crippen molar-refractivity contribution in [2.45, 2.75) is 110 Å². The molecule has 5 heteroatoms. The topological polar surface area (TPSA) is 27.7 Å². The minimum atomic E-state index is -0.950. The van der Waals surface area contributed by atoms with Crippen LogP contribution >= 0.6 is 0 Å². The largest absolute Gasteiger partial charge is 0.491 e. The minimum absolute atomic E-state index is 0.00900. The molecule has 0 radical (unpaired) electrons. The van der Waals surface area contributed by atoms with Crippen molar-refractivity contribution in [2.75, 3.05) is 19.8 Å². The van der Waals surface area contributed by atoms with Crippen molar-refractivity contribution in [3.05, 3.63) is 23.8 Å². The van der Waals surface area contributed by atoms with Gasteiger partial charge in [0.2, 0.25) is 11.6 Å². The molecular weight excluding hydrogens is 482 g/mol. The van der Waals surface area contributed by atoms with Gasteiger partial charge in [-0.15, -0.1) is 0 Å². The minimum Gasteiger partial charge on any atom is -0.491 e. The number of rotatable bonds is 9. The van der Waals surface area contributed by atoms with Crippen molar-refractivity contribution in [1.82, 2.24) is 0 Å². The third kappa shape index (κ3) is 6.67. The van der Waals surface area contributed by atoms with Crippen LogP contribution in [0.15, 0.2) is 12.1 Å². The Morgan fingerprint density at radius 3 is 1.66 bits per heavy atom. The molecule has 3 nitrogen and oxygen atoms in total. The molecule has 0 aromatic heterocycles. The van der Waals surface area contributed by atoms with Crippen LogP contribution in [0.3, 0.4) is 0 Å². The highest BCUT2D eigenvalue weighted by Gasteiger charge is 2.40. The zero-order chi connectivity index (χ0) is 26.5. The van der Waals surface area contributed by atoms with E-state index in [1.807, 2.05) is 0 Å². The molecule has 4 saturated carbocycles. The van der Waals surface area contributed by atoms with Gasteiger partial charge in [0.05, 0.1) is 19.3 Å². The standard InChI is InChI=1S/C33H50F2O3/c1-3-36-29-15-13-24(14-16-29)23-7-9-25(10-8-23)27-12-11-26-19-22(5-6-28(26)20-27)21-38-31-18-17-30(37-4-2)32(34)33(31)35/h17-18,22-29H,3-16,19-21H2,1-2H3. The van der Waals surface area contributed by atoms with Gasteiger partial charge in [0.25, 0.3) is 0 Å². The first kappa shape index (κ1) is 28.2. The summed E-state index contributed by atoms with van der Waals surface area (Å²) in [4.78, 5) is 0. The van der Waals surface area contributed by atoms with Crippen LogP contribution < -0.4 is 9.47 Å². The van der Waals surface area contributed by atoms with Gasteiger partial charge < -0.3 is 14.2 Å². The van der Waals surface area contributed by atoms with Gasteiger partial charge in [-0.3, -0.25) is 0 Å². The fourth-order valence-electron chi connectivity index (χ4n) is 8.75. The molecule has 1 aromatic rings. The molecule has 4 aliphatic carbocycles. The summed E-state index contributed by atoms with van der Waals surface area (Å²) in [6.07, 6.45) is 19.4. The van der Waals surface area contributed by atoms with Crippen molar-refractivity contribution < 1.29 is 23.0 Å². The van der Waals surface area contributed by atoms with E-state index in [1.165, 1.54) is 95.6 Å². The number of halogens is 2. The summed E-state index contributed by atoms with van der Waals surface area (Å²) in [6, 6.07) is 2.97. The third-order valence-electron chi connectivity index (χ3n) is 10.8. The zero-order valence-electron chi connectivity index (χ0n) is 23.8. The van der Waals surface area contributed by atoms with Crippen LogP contribution in [-0.2, 0) is 4.74 Å². The molecule has 5 rings (SSSR count). The van der Waals surface area contributed by atoms with Gasteiger partial charge in [-0.1, -0.05) is 0 Å². The van der Waals surface area contributed by atoms with Crippen LogP contribution in [0.25, 0.3) is 0 Å². The zero-order valence-corrected chi connectivity index (χ0v) is 23.8. The lowest BCUT2D eigenvalue weighted by Gasteiger charge is -2.46. The second-order valence-corrected chi connectivity index (χ2v) is 12.9. The van der Waals surface area contributed by atoms with Gasteiger partial charge in [-0.2, -0.15) is 8.78 Å². The Labute approximate surface area is 229 Å². The van der Waals surface area contributed by atoms with E-state index in [-0.39, 0.29) is 11.5 Å². The molecule has 0 amide bonds.